The smallest absolute Gasteiger partial charge is 0.226 e. The number of amides is 1. The summed E-state index contributed by atoms with van der Waals surface area (Å²) >= 11 is 7.50. The van der Waals surface area contributed by atoms with Gasteiger partial charge in [-0.1, -0.05) is 17.7 Å². The number of rotatable bonds is 6. The fourth-order valence-electron chi connectivity index (χ4n) is 2.39. The first-order valence-electron chi connectivity index (χ1n) is 7.71. The Hall–Kier alpha value is -2.37. The second-order valence-electron chi connectivity index (χ2n) is 5.48. The Balaban J connectivity index is 1.70. The van der Waals surface area contributed by atoms with Crippen molar-refractivity contribution in [1.82, 2.24) is 0 Å². The number of carbonyl (C=O) groups is 1. The Kier molecular flexibility index (Phi) is 5.68. The molecule has 1 amide bonds. The second kappa shape index (κ2) is 8.14. The minimum atomic E-state index is -0.334. The Labute approximate surface area is 154 Å². The van der Waals surface area contributed by atoms with Gasteiger partial charge in [-0.2, -0.15) is 0 Å². The lowest BCUT2D eigenvalue weighted by Gasteiger charge is -2.18. The highest BCUT2D eigenvalue weighted by atomic mass is 35.5. The van der Waals surface area contributed by atoms with Crippen molar-refractivity contribution in [2.45, 2.75) is 12.5 Å². The number of hydrogen-bond acceptors (Lipinski definition) is 3. The fraction of sp³-hybridized carbons (Fsp3) is 0.105. The molecule has 1 heterocycles. The third-order valence-electron chi connectivity index (χ3n) is 3.59. The van der Waals surface area contributed by atoms with E-state index in [2.05, 4.69) is 10.6 Å². The van der Waals surface area contributed by atoms with Crippen LogP contribution in [0.15, 0.2) is 66.0 Å². The molecule has 0 saturated heterocycles. The van der Waals surface area contributed by atoms with E-state index in [0.717, 1.165) is 10.6 Å². The highest BCUT2D eigenvalue weighted by molar-refractivity contribution is 7.10. The van der Waals surface area contributed by atoms with Crippen molar-refractivity contribution in [2.24, 2.45) is 0 Å². The topological polar surface area (TPSA) is 41.1 Å². The number of benzene rings is 2. The zero-order valence-electron chi connectivity index (χ0n) is 13.2. The van der Waals surface area contributed by atoms with Crippen molar-refractivity contribution in [2.75, 3.05) is 10.6 Å². The Morgan fingerprint density at radius 2 is 1.72 bits per heavy atom. The molecule has 2 aromatic carbocycles. The lowest BCUT2D eigenvalue weighted by Crippen LogP contribution is -2.19. The molecular weight excluding hydrogens is 359 g/mol. The first-order chi connectivity index (χ1) is 12.1. The molecule has 128 valence electrons. The van der Waals surface area contributed by atoms with Crippen molar-refractivity contribution in [3.8, 4) is 0 Å². The first kappa shape index (κ1) is 17.5. The summed E-state index contributed by atoms with van der Waals surface area (Å²) < 4.78 is 13.0. The van der Waals surface area contributed by atoms with Gasteiger partial charge in [-0.05, 0) is 60.0 Å². The number of thiophene rings is 1. The summed E-state index contributed by atoms with van der Waals surface area (Å²) in [5, 5.41) is 8.80. The van der Waals surface area contributed by atoms with Gasteiger partial charge in [-0.3, -0.25) is 4.79 Å². The molecule has 0 aliphatic rings. The molecule has 1 atom stereocenters. The molecule has 0 bridgehead atoms. The summed E-state index contributed by atoms with van der Waals surface area (Å²) in [5.41, 5.74) is 1.46. The van der Waals surface area contributed by atoms with Crippen molar-refractivity contribution in [1.29, 1.82) is 0 Å². The summed E-state index contributed by atoms with van der Waals surface area (Å²) in [6, 6.07) is 16.8. The highest BCUT2D eigenvalue weighted by Gasteiger charge is 2.17. The molecule has 0 radical (unpaired) electrons. The molecule has 3 aromatic rings. The van der Waals surface area contributed by atoms with Gasteiger partial charge in [0.05, 0.1) is 12.5 Å². The van der Waals surface area contributed by atoms with Gasteiger partial charge in [-0.25, -0.2) is 4.39 Å². The van der Waals surface area contributed by atoms with Crippen molar-refractivity contribution in [3.05, 3.63) is 81.8 Å². The summed E-state index contributed by atoms with van der Waals surface area (Å²) in [7, 11) is 0. The van der Waals surface area contributed by atoms with E-state index in [1.54, 1.807) is 35.6 Å². The van der Waals surface area contributed by atoms with Crippen LogP contribution in [0, 0.1) is 5.82 Å². The third-order valence-corrected chi connectivity index (χ3v) is 4.83. The molecular formula is C19H16ClFN2OS. The maximum atomic E-state index is 13.0. The number of halogens is 2. The molecule has 1 aromatic heterocycles. The molecule has 0 aliphatic carbocycles. The van der Waals surface area contributed by atoms with Crippen LogP contribution < -0.4 is 10.6 Å². The van der Waals surface area contributed by atoms with E-state index in [0.29, 0.717) is 10.7 Å². The summed E-state index contributed by atoms with van der Waals surface area (Å²) in [5.74, 6) is -0.481. The lowest BCUT2D eigenvalue weighted by atomic mass is 10.1. The van der Waals surface area contributed by atoms with Gasteiger partial charge in [0.25, 0.3) is 0 Å². The fourth-order valence-corrected chi connectivity index (χ4v) is 3.29. The zero-order valence-corrected chi connectivity index (χ0v) is 14.8. The molecule has 1 unspecified atom stereocenters. The van der Waals surface area contributed by atoms with Crippen molar-refractivity contribution >= 4 is 40.2 Å². The van der Waals surface area contributed by atoms with Crippen LogP contribution in [0.3, 0.4) is 0 Å². The SMILES string of the molecule is O=C(CC(Nc1ccc(Cl)cc1)c1cccs1)Nc1ccc(F)cc1. The lowest BCUT2D eigenvalue weighted by molar-refractivity contribution is -0.116. The predicted octanol–water partition coefficient (Wildman–Crippen LogP) is 5.72. The van der Waals surface area contributed by atoms with Crippen LogP contribution in [0.5, 0.6) is 0 Å². The standard InChI is InChI=1S/C19H16ClFN2OS/c20-13-3-7-15(8-4-13)22-17(18-2-1-11-25-18)12-19(24)23-16-9-5-14(21)6-10-16/h1-11,17,22H,12H2,(H,23,24). The van der Waals surface area contributed by atoms with Crippen LogP contribution in [0.25, 0.3) is 0 Å². The normalized spacial score (nSPS) is 11.8. The second-order valence-corrected chi connectivity index (χ2v) is 6.89. The van der Waals surface area contributed by atoms with E-state index in [9.17, 15) is 9.18 Å². The van der Waals surface area contributed by atoms with Crippen molar-refractivity contribution in [3.63, 3.8) is 0 Å². The average Bonchev–Trinajstić information content (AvgIpc) is 3.13. The third kappa shape index (κ3) is 5.05. The van der Waals surface area contributed by atoms with Crippen LogP contribution in [-0.2, 0) is 4.79 Å². The van der Waals surface area contributed by atoms with Gasteiger partial charge in [0, 0.05) is 21.3 Å². The molecule has 0 spiro atoms. The van der Waals surface area contributed by atoms with Gasteiger partial charge in [-0.15, -0.1) is 11.3 Å². The largest absolute Gasteiger partial charge is 0.377 e. The summed E-state index contributed by atoms with van der Waals surface area (Å²) in [6.45, 7) is 0. The Morgan fingerprint density at radius 3 is 2.36 bits per heavy atom. The van der Waals surface area contributed by atoms with Crippen LogP contribution in [0.2, 0.25) is 5.02 Å². The van der Waals surface area contributed by atoms with Crippen LogP contribution in [0.1, 0.15) is 17.3 Å². The first-order valence-corrected chi connectivity index (χ1v) is 8.97. The molecule has 0 fully saturated rings. The van der Waals surface area contributed by atoms with Crippen LogP contribution in [0.4, 0.5) is 15.8 Å². The highest BCUT2D eigenvalue weighted by Crippen LogP contribution is 2.27. The van der Waals surface area contributed by atoms with Crippen LogP contribution in [-0.4, -0.2) is 5.91 Å². The number of nitrogens with one attached hydrogen (secondary N) is 2. The number of anilines is 2. The molecule has 0 saturated carbocycles. The van der Waals surface area contributed by atoms with E-state index >= 15 is 0 Å². The Bertz CT molecular complexity index is 820. The maximum absolute atomic E-state index is 13.0. The van der Waals surface area contributed by atoms with Crippen molar-refractivity contribution < 1.29 is 9.18 Å². The van der Waals surface area contributed by atoms with Gasteiger partial charge in [0.2, 0.25) is 5.91 Å². The molecule has 3 nitrogen and oxygen atoms in total. The molecule has 3 rings (SSSR count). The predicted molar refractivity (Wildman–Crippen MR) is 102 cm³/mol. The monoisotopic (exact) mass is 374 g/mol. The molecule has 0 aliphatic heterocycles. The minimum Gasteiger partial charge on any atom is -0.377 e. The molecule has 2 N–H and O–H groups in total. The van der Waals surface area contributed by atoms with Gasteiger partial charge >= 0.3 is 0 Å². The quantitative estimate of drug-likeness (QED) is 0.579. The average molecular weight is 375 g/mol. The van der Waals surface area contributed by atoms with E-state index in [4.69, 9.17) is 11.6 Å². The van der Waals surface area contributed by atoms with E-state index in [-0.39, 0.29) is 24.2 Å². The zero-order chi connectivity index (χ0) is 17.6. The molecule has 25 heavy (non-hydrogen) atoms. The maximum Gasteiger partial charge on any atom is 0.226 e. The van der Waals surface area contributed by atoms with Gasteiger partial charge in [0.1, 0.15) is 5.82 Å². The van der Waals surface area contributed by atoms with Gasteiger partial charge in [0.15, 0.2) is 0 Å². The Morgan fingerprint density at radius 1 is 1.04 bits per heavy atom. The summed E-state index contributed by atoms with van der Waals surface area (Å²) in [6.07, 6.45) is 0.251. The van der Waals surface area contributed by atoms with E-state index < -0.39 is 0 Å². The summed E-state index contributed by atoms with van der Waals surface area (Å²) in [4.78, 5) is 13.4. The number of hydrogen-bond donors (Lipinski definition) is 2. The van der Waals surface area contributed by atoms with Crippen LogP contribution >= 0.6 is 22.9 Å². The minimum absolute atomic E-state index is 0.147. The van der Waals surface area contributed by atoms with Gasteiger partial charge < -0.3 is 10.6 Å². The van der Waals surface area contributed by atoms with E-state index in [1.807, 2.05) is 29.6 Å². The number of carbonyl (C=O) groups excluding carboxylic acids is 1. The van der Waals surface area contributed by atoms with E-state index in [1.165, 1.54) is 12.1 Å². The molecule has 6 heteroatoms.